The molecular weight excluding hydrogens is 913 g/mol. The Kier molecular flexibility index (Phi) is 9.35. The van der Waals surface area contributed by atoms with Crippen LogP contribution in [0.2, 0.25) is 0 Å². The third kappa shape index (κ3) is 6.34. The minimum Gasteiger partial charge on any atom is -0.455 e. The lowest BCUT2D eigenvalue weighted by molar-refractivity contribution is 0.670. The van der Waals surface area contributed by atoms with E-state index in [-0.39, 0.29) is 0 Å². The number of hydrogen-bond donors (Lipinski definition) is 0. The molecule has 15 rings (SSSR count). The van der Waals surface area contributed by atoms with Crippen LogP contribution in [-0.2, 0) is 0 Å². The minimum absolute atomic E-state index is 0.297. The number of nitrogens with zero attached hydrogens (tertiary/aromatic N) is 2. The molecule has 3 nitrogen and oxygen atoms in total. The monoisotopic (exact) mass is 956 g/mol. The van der Waals surface area contributed by atoms with Crippen molar-refractivity contribution in [2.45, 2.75) is 13.3 Å². The highest BCUT2D eigenvalue weighted by Gasteiger charge is 2.26. The number of fused-ring (bicyclic) bond motifs is 13. The topological polar surface area (TPSA) is 21.3 Å². The largest absolute Gasteiger partial charge is 0.455 e. The van der Waals surface area contributed by atoms with E-state index in [1.807, 2.05) is 28.7 Å². The summed E-state index contributed by atoms with van der Waals surface area (Å²) in [5.74, 6) is 0.297. The van der Waals surface area contributed by atoms with Gasteiger partial charge >= 0.3 is 0 Å². The molecule has 72 heavy (non-hydrogen) atoms. The fraction of sp³-hybridized carbons (Fsp3) is 0.0448. The predicted molar refractivity (Wildman–Crippen MR) is 310 cm³/mol. The molecule has 0 bridgehead atoms. The molecule has 1 aliphatic rings. The van der Waals surface area contributed by atoms with Gasteiger partial charge < -0.3 is 13.9 Å². The summed E-state index contributed by atoms with van der Waals surface area (Å²) in [5.41, 5.74) is 16.4. The number of aromatic nitrogens is 1. The van der Waals surface area contributed by atoms with Crippen LogP contribution in [0.1, 0.15) is 18.9 Å². The molecule has 0 aliphatic heterocycles. The van der Waals surface area contributed by atoms with Gasteiger partial charge in [0.1, 0.15) is 11.2 Å². The van der Waals surface area contributed by atoms with Crippen LogP contribution in [0.4, 0.5) is 11.4 Å². The van der Waals surface area contributed by atoms with Crippen molar-refractivity contribution in [3.63, 3.8) is 0 Å². The first-order chi connectivity index (χ1) is 35.6. The zero-order valence-corrected chi connectivity index (χ0v) is 41.0. The normalized spacial score (nSPS) is 14.2. The first-order valence-electron chi connectivity index (χ1n) is 24.8. The van der Waals surface area contributed by atoms with E-state index in [1.54, 1.807) is 0 Å². The third-order valence-corrected chi connectivity index (χ3v) is 17.6. The maximum Gasteiger partial charge on any atom is 0.143 e. The smallest absolute Gasteiger partial charge is 0.143 e. The van der Waals surface area contributed by atoms with E-state index in [9.17, 15) is 0 Å². The van der Waals surface area contributed by atoms with Crippen molar-refractivity contribution in [1.82, 2.24) is 4.57 Å². The van der Waals surface area contributed by atoms with E-state index >= 15 is 0 Å². The molecule has 10 aromatic carbocycles. The second-order valence-electron chi connectivity index (χ2n) is 19.2. The number of para-hydroxylation sites is 4. The summed E-state index contributed by atoms with van der Waals surface area (Å²) in [6.07, 6.45) is 5.65. The molecule has 14 aromatic rings. The maximum atomic E-state index is 6.50. The molecule has 340 valence electrons. The molecule has 1 aliphatic carbocycles. The van der Waals surface area contributed by atoms with Crippen molar-refractivity contribution in [3.8, 4) is 27.9 Å². The summed E-state index contributed by atoms with van der Waals surface area (Å²) in [6.45, 7) is 2.39. The van der Waals surface area contributed by atoms with Crippen LogP contribution in [0.3, 0.4) is 0 Å². The Balaban J connectivity index is 0.848. The van der Waals surface area contributed by atoms with Gasteiger partial charge in [-0.2, -0.15) is 0 Å². The summed E-state index contributed by atoms with van der Waals surface area (Å²) in [7, 11) is 0. The standard InChI is InChI=1S/C67H44N2OS2/c1-41-40-47(36-37-48(41)54-22-13-23-55-52-17-7-10-27-62(52)71-66(54)55)68(45-32-28-42(29-33-45)49-19-11-21-53-51-16-6-9-26-61(51)70-64(49)53)46-34-30-43(31-35-46)50-20-12-24-56-57-38-39-60-63(67(57)72-65(50)56)58-18-5-8-25-59(58)69(60)44-14-3-2-4-15-44/h2-39,41H,40H2,1H3. The van der Waals surface area contributed by atoms with Gasteiger partial charge in [-0.3, -0.25) is 0 Å². The molecule has 4 heterocycles. The fourth-order valence-electron chi connectivity index (χ4n) is 11.8. The molecule has 0 fully saturated rings. The Morgan fingerprint density at radius 3 is 1.82 bits per heavy atom. The molecule has 0 radical (unpaired) electrons. The van der Waals surface area contributed by atoms with Crippen molar-refractivity contribution < 1.29 is 4.42 Å². The van der Waals surface area contributed by atoms with Gasteiger partial charge in [-0.15, -0.1) is 22.7 Å². The van der Waals surface area contributed by atoms with Crippen LogP contribution in [-0.4, -0.2) is 4.57 Å². The minimum atomic E-state index is 0.297. The van der Waals surface area contributed by atoms with Gasteiger partial charge in [-0.25, -0.2) is 0 Å². The lowest BCUT2D eigenvalue weighted by atomic mass is 9.85. The Morgan fingerprint density at radius 2 is 1.04 bits per heavy atom. The van der Waals surface area contributed by atoms with Crippen molar-refractivity contribution in [3.05, 3.63) is 242 Å². The number of benzene rings is 10. The highest BCUT2D eigenvalue weighted by Crippen LogP contribution is 2.48. The van der Waals surface area contributed by atoms with Gasteiger partial charge in [-0.1, -0.05) is 171 Å². The summed E-state index contributed by atoms with van der Waals surface area (Å²) < 4.78 is 14.3. The van der Waals surface area contributed by atoms with E-state index in [0.29, 0.717) is 5.92 Å². The van der Waals surface area contributed by atoms with E-state index in [4.69, 9.17) is 4.42 Å². The Morgan fingerprint density at radius 1 is 0.444 bits per heavy atom. The molecule has 0 amide bonds. The molecule has 1 atom stereocenters. The number of allylic oxidation sites excluding steroid dienone is 4. The first kappa shape index (κ1) is 41.3. The van der Waals surface area contributed by atoms with E-state index in [2.05, 4.69) is 241 Å². The molecule has 1 unspecified atom stereocenters. The Bertz CT molecular complexity index is 4540. The Labute approximate surface area is 424 Å². The first-order valence-corrected chi connectivity index (χ1v) is 26.4. The van der Waals surface area contributed by atoms with Crippen LogP contribution < -0.4 is 4.90 Å². The molecule has 4 aromatic heterocycles. The van der Waals surface area contributed by atoms with E-state index in [0.717, 1.165) is 50.9 Å². The highest BCUT2D eigenvalue weighted by molar-refractivity contribution is 7.27. The number of rotatable bonds is 7. The Hall–Kier alpha value is -8.48. The zero-order valence-electron chi connectivity index (χ0n) is 39.3. The SMILES string of the molecule is CC1CC(N(c2ccc(-c3cccc4c3oc3ccccc34)cc2)c2ccc(-c3cccc4c3sc3c4ccc4c3c3ccccc3n4-c3ccccc3)cc2)=CC=C1c1cccc2c1sc1ccccc12. The van der Waals surface area contributed by atoms with Gasteiger partial charge in [0.25, 0.3) is 0 Å². The molecule has 0 spiro atoms. The molecular formula is C67H44N2OS2. The quantitative estimate of drug-likeness (QED) is 0.159. The van der Waals surface area contributed by atoms with Crippen LogP contribution in [0.15, 0.2) is 241 Å². The second-order valence-corrected chi connectivity index (χ2v) is 21.3. The number of hydrogen-bond acceptors (Lipinski definition) is 4. The average Bonchev–Trinajstić information content (AvgIpc) is 4.21. The van der Waals surface area contributed by atoms with Gasteiger partial charge in [0, 0.05) is 90.2 Å². The maximum absolute atomic E-state index is 6.50. The lowest BCUT2D eigenvalue weighted by Gasteiger charge is -2.32. The third-order valence-electron chi connectivity index (χ3n) is 15.1. The van der Waals surface area contributed by atoms with Crippen molar-refractivity contribution in [2.24, 2.45) is 5.92 Å². The summed E-state index contributed by atoms with van der Waals surface area (Å²) in [6, 6.07) is 79.9. The van der Waals surface area contributed by atoms with Crippen LogP contribution in [0.5, 0.6) is 0 Å². The molecule has 0 saturated heterocycles. The van der Waals surface area contributed by atoms with Gasteiger partial charge in [0.2, 0.25) is 0 Å². The van der Waals surface area contributed by atoms with E-state index < -0.39 is 0 Å². The number of furan rings is 1. The molecule has 0 N–H and O–H groups in total. The van der Waals surface area contributed by atoms with Gasteiger partial charge in [-0.05, 0) is 107 Å². The van der Waals surface area contributed by atoms with Gasteiger partial charge in [0.05, 0.1) is 11.0 Å². The van der Waals surface area contributed by atoms with Crippen molar-refractivity contribution in [1.29, 1.82) is 0 Å². The number of anilines is 2. The molecule has 5 heteroatoms. The highest BCUT2D eigenvalue weighted by atomic mass is 32.1. The summed E-state index contributed by atoms with van der Waals surface area (Å²) in [4.78, 5) is 2.47. The summed E-state index contributed by atoms with van der Waals surface area (Å²) in [5, 5.41) is 10.2. The average molecular weight is 957 g/mol. The van der Waals surface area contributed by atoms with Crippen molar-refractivity contribution in [2.75, 3.05) is 4.90 Å². The molecule has 0 saturated carbocycles. The second kappa shape index (κ2) is 16.3. The van der Waals surface area contributed by atoms with Crippen LogP contribution in [0.25, 0.3) is 118 Å². The van der Waals surface area contributed by atoms with Crippen LogP contribution >= 0.6 is 22.7 Å². The van der Waals surface area contributed by atoms with Gasteiger partial charge in [0.15, 0.2) is 0 Å². The van der Waals surface area contributed by atoms with Crippen LogP contribution in [0, 0.1) is 5.92 Å². The predicted octanol–water partition coefficient (Wildman–Crippen LogP) is 19.9. The van der Waals surface area contributed by atoms with Crippen molar-refractivity contribution >= 4 is 124 Å². The zero-order chi connectivity index (χ0) is 47.4. The fourth-order valence-corrected chi connectivity index (χ4v) is 14.4. The number of thiophene rings is 2. The lowest BCUT2D eigenvalue weighted by Crippen LogP contribution is -2.20. The summed E-state index contributed by atoms with van der Waals surface area (Å²) >= 11 is 3.83. The van der Waals surface area contributed by atoms with E-state index in [1.165, 1.54) is 95.8 Å².